The summed E-state index contributed by atoms with van der Waals surface area (Å²) >= 11 is 2.57. The van der Waals surface area contributed by atoms with Crippen LogP contribution in [-0.2, 0) is 40.0 Å². The second kappa shape index (κ2) is 24.4. The predicted octanol–water partition coefficient (Wildman–Crippen LogP) is 10.2. The topological polar surface area (TPSA) is 157 Å². The van der Waals surface area contributed by atoms with Crippen molar-refractivity contribution in [2.75, 3.05) is 26.5 Å². The zero-order valence-corrected chi connectivity index (χ0v) is 37.1. The fraction of sp³-hybridized carbons (Fsp3) is 0.395. The summed E-state index contributed by atoms with van der Waals surface area (Å²) < 4.78 is 98.4. The van der Waals surface area contributed by atoms with Crippen LogP contribution in [0.2, 0.25) is 0 Å². The normalized spacial score (nSPS) is 16.2. The number of carbonyl (C=O) groups excluding carboxylic acids is 4. The number of nitrogens with zero attached hydrogens (tertiary/aromatic N) is 4. The van der Waals surface area contributed by atoms with E-state index < -0.39 is 59.8 Å². The number of nitriles is 1. The van der Waals surface area contributed by atoms with E-state index in [-0.39, 0.29) is 12.4 Å². The molecule has 3 atom stereocenters. The molecule has 0 spiro atoms. The molecular weight excluding hydrogens is 895 g/mol. The van der Waals surface area contributed by atoms with Crippen molar-refractivity contribution in [1.82, 2.24) is 8.61 Å². The number of thioether (sulfide) groups is 1. The van der Waals surface area contributed by atoms with Crippen LogP contribution in [0.1, 0.15) is 51.3 Å². The Labute approximate surface area is 374 Å². The fourth-order valence-electron chi connectivity index (χ4n) is 5.66. The Morgan fingerprint density at radius 1 is 0.922 bits per heavy atom. The molecule has 1 saturated carbocycles. The standard InChI is InChI=1S/C26H21F6NO5.C17H25N3O4S2/c1-24(2)18(11-12-20(34)38-23(25(27,28)29)26(30,31)32)21(24)22(35)37-19(14-33)15-7-6-10-17(13-15)36-16-8-4-3-5-9-16;1-5-23-16(21)11-12-20(13-15-9-7-6-8-10-15)26-19(3)17(22)24-18-14(2)25-4/h3-13,18-19,21,23H,1-2H3;6-10H,5,11-13H2,1-4H3/b12-11-;18-14-. The van der Waals surface area contributed by atoms with Crippen LogP contribution < -0.4 is 4.74 Å². The molecule has 1 aliphatic carbocycles. The van der Waals surface area contributed by atoms with E-state index in [1.54, 1.807) is 83.3 Å². The van der Waals surface area contributed by atoms with Gasteiger partial charge in [0.25, 0.3) is 6.10 Å². The molecule has 3 unspecified atom stereocenters. The van der Waals surface area contributed by atoms with Crippen LogP contribution in [0, 0.1) is 28.6 Å². The quantitative estimate of drug-likeness (QED) is 0.0145. The van der Waals surface area contributed by atoms with Crippen molar-refractivity contribution in [2.45, 2.75) is 65.2 Å². The molecule has 0 N–H and O–H groups in total. The van der Waals surface area contributed by atoms with Crippen molar-refractivity contribution < 1.29 is 69.3 Å². The third-order valence-electron chi connectivity index (χ3n) is 9.04. The van der Waals surface area contributed by atoms with Gasteiger partial charge in [-0.2, -0.15) is 31.6 Å². The number of ether oxygens (including phenoxy) is 4. The Kier molecular flexibility index (Phi) is 20.0. The fourth-order valence-corrected chi connectivity index (χ4v) is 6.60. The molecule has 1 fully saturated rings. The minimum Gasteiger partial charge on any atom is -0.466 e. The maximum atomic E-state index is 12.8. The van der Waals surface area contributed by atoms with Crippen molar-refractivity contribution in [3.63, 3.8) is 0 Å². The number of oxime groups is 1. The highest BCUT2D eigenvalue weighted by molar-refractivity contribution is 8.13. The van der Waals surface area contributed by atoms with Gasteiger partial charge in [0.2, 0.25) is 6.10 Å². The predicted molar refractivity (Wildman–Crippen MR) is 226 cm³/mol. The van der Waals surface area contributed by atoms with Crippen molar-refractivity contribution in [1.29, 1.82) is 5.26 Å². The molecule has 1 amide bonds. The summed E-state index contributed by atoms with van der Waals surface area (Å²) in [6.07, 6.45) is -14.4. The molecule has 346 valence electrons. The van der Waals surface area contributed by atoms with Crippen LogP contribution in [0.25, 0.3) is 0 Å². The maximum absolute atomic E-state index is 12.8. The van der Waals surface area contributed by atoms with Crippen LogP contribution in [0.3, 0.4) is 0 Å². The van der Waals surface area contributed by atoms with Gasteiger partial charge in [-0.25, -0.2) is 18.2 Å². The number of esters is 3. The summed E-state index contributed by atoms with van der Waals surface area (Å²) in [5, 5.41) is 14.0. The highest BCUT2D eigenvalue weighted by Crippen LogP contribution is 2.60. The molecule has 1 aliphatic rings. The smallest absolute Gasteiger partial charge is 0.446 e. The maximum Gasteiger partial charge on any atom is 0.446 e. The number of para-hydroxylation sites is 1. The van der Waals surface area contributed by atoms with Crippen LogP contribution in [0.4, 0.5) is 31.1 Å². The number of allylic oxidation sites excluding steroid dienone is 1. The summed E-state index contributed by atoms with van der Waals surface area (Å²) in [6, 6.07) is 26.7. The summed E-state index contributed by atoms with van der Waals surface area (Å²) in [5.41, 5.74) is 0.537. The van der Waals surface area contributed by atoms with Gasteiger partial charge in [-0.1, -0.05) is 85.7 Å². The number of rotatable bonds is 17. The summed E-state index contributed by atoms with van der Waals surface area (Å²) in [7, 11) is 1.60. The first-order valence-corrected chi connectivity index (χ1v) is 21.2. The van der Waals surface area contributed by atoms with E-state index in [2.05, 4.69) is 9.89 Å². The van der Waals surface area contributed by atoms with Gasteiger partial charge < -0.3 is 18.9 Å². The molecule has 3 aromatic rings. The molecule has 3 aromatic carbocycles. The molecule has 21 heteroatoms. The lowest BCUT2D eigenvalue weighted by Crippen LogP contribution is -2.45. The van der Waals surface area contributed by atoms with Crippen LogP contribution in [0.15, 0.2) is 102 Å². The van der Waals surface area contributed by atoms with E-state index >= 15 is 0 Å². The van der Waals surface area contributed by atoms with Gasteiger partial charge in [-0.15, -0.1) is 11.8 Å². The molecular formula is C43H46F6N4O9S2. The van der Waals surface area contributed by atoms with Gasteiger partial charge in [0.05, 0.1) is 18.9 Å². The Morgan fingerprint density at radius 3 is 2.11 bits per heavy atom. The number of hydrogen-bond acceptors (Lipinski definition) is 14. The minimum absolute atomic E-state index is 0.236. The molecule has 0 heterocycles. The van der Waals surface area contributed by atoms with Crippen LogP contribution in [-0.4, -0.2) is 82.6 Å². The second-order valence-electron chi connectivity index (χ2n) is 14.2. The summed E-state index contributed by atoms with van der Waals surface area (Å²) in [5.74, 6) is -3.72. The monoisotopic (exact) mass is 940 g/mol. The average molecular weight is 941 g/mol. The van der Waals surface area contributed by atoms with Crippen molar-refractivity contribution in [3.8, 4) is 17.6 Å². The van der Waals surface area contributed by atoms with E-state index in [1.165, 1.54) is 34.3 Å². The van der Waals surface area contributed by atoms with Gasteiger partial charge in [0, 0.05) is 43.9 Å². The lowest BCUT2D eigenvalue weighted by molar-refractivity contribution is -0.312. The van der Waals surface area contributed by atoms with Crippen LogP contribution >= 0.6 is 23.9 Å². The zero-order chi connectivity index (χ0) is 47.7. The van der Waals surface area contributed by atoms with Gasteiger partial charge in [0.1, 0.15) is 22.6 Å². The highest BCUT2D eigenvalue weighted by Gasteiger charge is 2.62. The Bertz CT molecular complexity index is 2110. The van der Waals surface area contributed by atoms with Crippen LogP contribution in [0.5, 0.6) is 11.5 Å². The first-order valence-electron chi connectivity index (χ1n) is 19.2. The first-order chi connectivity index (χ1) is 30.1. The number of amides is 1. The Hall–Kier alpha value is -5.72. The van der Waals surface area contributed by atoms with Crippen molar-refractivity contribution in [3.05, 3.63) is 108 Å². The number of benzene rings is 3. The van der Waals surface area contributed by atoms with E-state index in [0.717, 1.165) is 11.6 Å². The third kappa shape index (κ3) is 17.1. The lowest BCUT2D eigenvalue weighted by atomic mass is 10.1. The molecule has 4 rings (SSSR count). The lowest BCUT2D eigenvalue weighted by Gasteiger charge is -2.24. The van der Waals surface area contributed by atoms with E-state index in [0.29, 0.717) is 47.9 Å². The van der Waals surface area contributed by atoms with Gasteiger partial charge in [0.15, 0.2) is 0 Å². The molecule has 0 aromatic heterocycles. The average Bonchev–Trinajstić information content (AvgIpc) is 3.81. The number of halogens is 6. The Balaban J connectivity index is 0.000000367. The number of hydrogen-bond donors (Lipinski definition) is 0. The SMILES string of the molecule is CC1(C)C(/C=C\C(=O)OC(C(F)(F)F)C(F)(F)F)C1C(=O)OC(C#N)c1cccc(Oc2ccccc2)c1.CCOC(=O)CCN(Cc1ccccc1)SN(C)C(=O)O/N=C(/C)SC. The largest absolute Gasteiger partial charge is 0.466 e. The zero-order valence-electron chi connectivity index (χ0n) is 35.4. The minimum atomic E-state index is -5.84. The van der Waals surface area contributed by atoms with Crippen molar-refractivity contribution in [2.24, 2.45) is 22.4 Å². The van der Waals surface area contributed by atoms with Gasteiger partial charge in [-0.3, -0.25) is 14.4 Å². The first kappa shape index (κ1) is 52.6. The Morgan fingerprint density at radius 2 is 1.53 bits per heavy atom. The molecule has 64 heavy (non-hydrogen) atoms. The second-order valence-corrected chi connectivity index (χ2v) is 16.4. The summed E-state index contributed by atoms with van der Waals surface area (Å²) in [6.45, 7) is 8.05. The number of carbonyl (C=O) groups is 4. The number of alkyl halides is 6. The molecule has 0 saturated heterocycles. The van der Waals surface area contributed by atoms with E-state index in [9.17, 15) is 50.8 Å². The summed E-state index contributed by atoms with van der Waals surface area (Å²) in [4.78, 5) is 53.0. The van der Waals surface area contributed by atoms with E-state index in [1.807, 2.05) is 47.0 Å². The molecule has 0 aliphatic heterocycles. The highest BCUT2D eigenvalue weighted by atomic mass is 32.2. The molecule has 0 bridgehead atoms. The van der Waals surface area contributed by atoms with Gasteiger partial charge >= 0.3 is 36.4 Å². The van der Waals surface area contributed by atoms with Gasteiger partial charge in [-0.05, 0) is 61.3 Å². The van der Waals surface area contributed by atoms with E-state index in [4.69, 9.17) is 19.0 Å². The third-order valence-corrected chi connectivity index (χ3v) is 10.6. The van der Waals surface area contributed by atoms with Crippen molar-refractivity contribution >= 4 is 52.9 Å². The molecule has 13 nitrogen and oxygen atoms in total. The molecule has 0 radical (unpaired) electrons.